The lowest BCUT2D eigenvalue weighted by Gasteiger charge is -2.10. The van der Waals surface area contributed by atoms with Gasteiger partial charge in [-0.1, -0.05) is 89.5 Å². The number of hydrogen-bond donors (Lipinski definition) is 2. The summed E-state index contributed by atoms with van der Waals surface area (Å²) in [6.45, 7) is 6.59. The molecule has 2 aromatic heterocycles. The summed E-state index contributed by atoms with van der Waals surface area (Å²) < 4.78 is 0. The molecule has 34 heavy (non-hydrogen) atoms. The first kappa shape index (κ1) is 21.6. The molecule has 0 aliphatic carbocycles. The van der Waals surface area contributed by atoms with Gasteiger partial charge in [-0.05, 0) is 32.4 Å². The number of aromatic nitrogens is 3. The number of aryl methyl sites for hydroxylation is 3. The van der Waals surface area contributed by atoms with Crippen LogP contribution in [0.3, 0.4) is 0 Å². The van der Waals surface area contributed by atoms with E-state index < -0.39 is 0 Å². The van der Waals surface area contributed by atoms with Gasteiger partial charge in [0.2, 0.25) is 0 Å². The fourth-order valence-electron chi connectivity index (χ4n) is 3.99. The number of pyridine rings is 1. The molecule has 0 spiro atoms. The van der Waals surface area contributed by atoms with Crippen molar-refractivity contribution in [3.05, 3.63) is 107 Å². The number of aromatic amines is 1. The predicted octanol–water partition coefficient (Wildman–Crippen LogP) is 6.15. The van der Waals surface area contributed by atoms with Crippen LogP contribution in [0.15, 0.2) is 78.9 Å². The van der Waals surface area contributed by atoms with Gasteiger partial charge in [-0.15, -0.1) is 0 Å². The molecular formula is C29H26N4O. The number of rotatable bonds is 5. The molecular weight excluding hydrogens is 420 g/mol. The summed E-state index contributed by atoms with van der Waals surface area (Å²) in [4.78, 5) is 18.3. The van der Waals surface area contributed by atoms with E-state index in [0.29, 0.717) is 17.8 Å². The van der Waals surface area contributed by atoms with Gasteiger partial charge in [-0.25, -0.2) is 4.98 Å². The molecule has 0 atom stereocenters. The third-order valence-electron chi connectivity index (χ3n) is 6.03. The third kappa shape index (κ3) is 4.33. The standard InChI is InChI=1S/C29H26N4O/c1-18-4-10-21(11-5-18)17-30-29(34)24-16-25(22-12-6-19(2)7-13-22)31-28-26(24)27(32-33-28)23-14-8-20(3)9-15-23/h4-16H,17H2,1-3H3,(H,30,34)(H,31,32,33). The first-order valence-corrected chi connectivity index (χ1v) is 11.3. The highest BCUT2D eigenvalue weighted by atomic mass is 16.1. The highest BCUT2D eigenvalue weighted by molar-refractivity contribution is 6.10. The van der Waals surface area contributed by atoms with Gasteiger partial charge in [0.15, 0.2) is 5.65 Å². The fourth-order valence-corrected chi connectivity index (χ4v) is 3.99. The lowest BCUT2D eigenvalue weighted by atomic mass is 10.0. The van der Waals surface area contributed by atoms with Gasteiger partial charge in [-0.3, -0.25) is 9.89 Å². The summed E-state index contributed by atoms with van der Waals surface area (Å²) in [5.74, 6) is -0.156. The monoisotopic (exact) mass is 446 g/mol. The minimum absolute atomic E-state index is 0.156. The lowest BCUT2D eigenvalue weighted by Crippen LogP contribution is -2.23. The Morgan fingerprint density at radius 2 is 1.35 bits per heavy atom. The van der Waals surface area contributed by atoms with E-state index in [1.54, 1.807) is 0 Å². The molecule has 5 nitrogen and oxygen atoms in total. The molecule has 0 fully saturated rings. The summed E-state index contributed by atoms with van der Waals surface area (Å²) in [6, 6.07) is 26.3. The molecule has 0 aliphatic heterocycles. The minimum atomic E-state index is -0.156. The van der Waals surface area contributed by atoms with Crippen molar-refractivity contribution < 1.29 is 4.79 Å². The molecule has 0 saturated carbocycles. The molecule has 2 heterocycles. The van der Waals surface area contributed by atoms with Crippen LogP contribution >= 0.6 is 0 Å². The van der Waals surface area contributed by atoms with Crippen molar-refractivity contribution >= 4 is 16.9 Å². The second kappa shape index (κ2) is 8.94. The van der Waals surface area contributed by atoms with Crippen LogP contribution in [0.5, 0.6) is 0 Å². The Hall–Kier alpha value is -4.25. The van der Waals surface area contributed by atoms with E-state index in [9.17, 15) is 4.79 Å². The van der Waals surface area contributed by atoms with Crippen molar-refractivity contribution in [2.75, 3.05) is 0 Å². The number of H-pyrrole nitrogens is 1. The predicted molar refractivity (Wildman–Crippen MR) is 137 cm³/mol. The summed E-state index contributed by atoms with van der Waals surface area (Å²) in [5, 5.41) is 11.4. The second-order valence-corrected chi connectivity index (χ2v) is 8.75. The van der Waals surface area contributed by atoms with Gasteiger partial charge in [0.25, 0.3) is 5.91 Å². The molecule has 0 aliphatic rings. The lowest BCUT2D eigenvalue weighted by molar-refractivity contribution is 0.0952. The van der Waals surface area contributed by atoms with Gasteiger partial charge >= 0.3 is 0 Å². The molecule has 0 radical (unpaired) electrons. The number of fused-ring (bicyclic) bond motifs is 1. The topological polar surface area (TPSA) is 70.7 Å². The summed E-state index contributed by atoms with van der Waals surface area (Å²) in [6.07, 6.45) is 0. The maximum Gasteiger partial charge on any atom is 0.252 e. The van der Waals surface area contributed by atoms with Crippen molar-refractivity contribution in [2.24, 2.45) is 0 Å². The summed E-state index contributed by atoms with van der Waals surface area (Å²) >= 11 is 0. The van der Waals surface area contributed by atoms with Crippen LogP contribution in [0.25, 0.3) is 33.5 Å². The zero-order valence-corrected chi connectivity index (χ0v) is 19.5. The van der Waals surface area contributed by atoms with Crippen LogP contribution in [0.2, 0.25) is 0 Å². The molecule has 2 N–H and O–H groups in total. The third-order valence-corrected chi connectivity index (χ3v) is 6.03. The van der Waals surface area contributed by atoms with Crippen molar-refractivity contribution in [3.8, 4) is 22.5 Å². The van der Waals surface area contributed by atoms with Crippen molar-refractivity contribution in [1.29, 1.82) is 0 Å². The Morgan fingerprint density at radius 3 is 1.97 bits per heavy atom. The fraction of sp³-hybridized carbons (Fsp3) is 0.138. The van der Waals surface area contributed by atoms with E-state index in [0.717, 1.165) is 33.5 Å². The van der Waals surface area contributed by atoms with Crippen LogP contribution in [0, 0.1) is 20.8 Å². The molecule has 5 heteroatoms. The van der Waals surface area contributed by atoms with E-state index >= 15 is 0 Å². The molecule has 5 aromatic rings. The van der Waals surface area contributed by atoms with Gasteiger partial charge in [0.1, 0.15) is 0 Å². The molecule has 3 aromatic carbocycles. The maximum atomic E-state index is 13.5. The zero-order valence-electron chi connectivity index (χ0n) is 19.5. The number of hydrogen-bond acceptors (Lipinski definition) is 3. The van der Waals surface area contributed by atoms with Crippen LogP contribution < -0.4 is 5.32 Å². The van der Waals surface area contributed by atoms with Gasteiger partial charge < -0.3 is 5.32 Å². The second-order valence-electron chi connectivity index (χ2n) is 8.75. The first-order chi connectivity index (χ1) is 16.5. The highest BCUT2D eigenvalue weighted by Crippen LogP contribution is 2.31. The quantitative estimate of drug-likeness (QED) is 0.340. The smallest absolute Gasteiger partial charge is 0.252 e. The minimum Gasteiger partial charge on any atom is -0.348 e. The van der Waals surface area contributed by atoms with Crippen molar-refractivity contribution in [3.63, 3.8) is 0 Å². The molecule has 0 saturated heterocycles. The van der Waals surface area contributed by atoms with Crippen LogP contribution in [-0.2, 0) is 6.54 Å². The average Bonchev–Trinajstić information content (AvgIpc) is 3.28. The Balaban J connectivity index is 1.60. The number of carbonyl (C=O) groups is 1. The summed E-state index contributed by atoms with van der Waals surface area (Å²) in [5.41, 5.74) is 9.07. The Labute approximate surface area is 198 Å². The van der Waals surface area contributed by atoms with E-state index in [2.05, 4.69) is 15.5 Å². The number of nitrogens with one attached hydrogen (secondary N) is 2. The zero-order chi connectivity index (χ0) is 23.7. The number of nitrogens with zero attached hydrogens (tertiary/aromatic N) is 2. The SMILES string of the molecule is Cc1ccc(CNC(=O)c2cc(-c3ccc(C)cc3)nc3n[nH]c(-c4ccc(C)cc4)c23)cc1. The average molecular weight is 447 g/mol. The highest BCUT2D eigenvalue weighted by Gasteiger charge is 2.20. The van der Waals surface area contributed by atoms with E-state index in [1.807, 2.05) is 99.6 Å². The number of benzene rings is 3. The van der Waals surface area contributed by atoms with E-state index in [4.69, 9.17) is 4.98 Å². The van der Waals surface area contributed by atoms with E-state index in [-0.39, 0.29) is 5.91 Å². The number of amides is 1. The van der Waals surface area contributed by atoms with Crippen molar-refractivity contribution in [2.45, 2.75) is 27.3 Å². The Kier molecular flexibility index (Phi) is 5.68. The van der Waals surface area contributed by atoms with Crippen LogP contribution in [-0.4, -0.2) is 21.1 Å². The Morgan fingerprint density at radius 1 is 0.794 bits per heavy atom. The molecule has 168 valence electrons. The normalized spacial score (nSPS) is 11.0. The first-order valence-electron chi connectivity index (χ1n) is 11.3. The largest absolute Gasteiger partial charge is 0.348 e. The van der Waals surface area contributed by atoms with Crippen molar-refractivity contribution in [1.82, 2.24) is 20.5 Å². The molecule has 0 bridgehead atoms. The number of carbonyl (C=O) groups excluding carboxylic acids is 1. The maximum absolute atomic E-state index is 13.5. The Bertz CT molecular complexity index is 1460. The molecule has 0 unspecified atom stereocenters. The van der Waals surface area contributed by atoms with Crippen LogP contribution in [0.1, 0.15) is 32.6 Å². The molecule has 5 rings (SSSR count). The van der Waals surface area contributed by atoms with Gasteiger partial charge in [0.05, 0.1) is 22.3 Å². The van der Waals surface area contributed by atoms with E-state index in [1.165, 1.54) is 16.7 Å². The van der Waals surface area contributed by atoms with Gasteiger partial charge in [0, 0.05) is 17.7 Å². The molecule has 1 amide bonds. The van der Waals surface area contributed by atoms with Crippen LogP contribution in [0.4, 0.5) is 0 Å². The van der Waals surface area contributed by atoms with Gasteiger partial charge in [-0.2, -0.15) is 5.10 Å². The summed E-state index contributed by atoms with van der Waals surface area (Å²) in [7, 11) is 0.